The van der Waals surface area contributed by atoms with Crippen molar-refractivity contribution in [2.24, 2.45) is 5.73 Å². The molecule has 4 N–H and O–H groups in total. The molecule has 1 heterocycles. The highest BCUT2D eigenvalue weighted by molar-refractivity contribution is 5.85. The van der Waals surface area contributed by atoms with Gasteiger partial charge in [0.15, 0.2) is 0 Å². The van der Waals surface area contributed by atoms with Gasteiger partial charge in [0.1, 0.15) is 5.54 Å². The van der Waals surface area contributed by atoms with Gasteiger partial charge in [-0.15, -0.1) is 0 Å². The predicted octanol–water partition coefficient (Wildman–Crippen LogP) is -0.654. The van der Waals surface area contributed by atoms with E-state index < -0.39 is 5.54 Å². The van der Waals surface area contributed by atoms with Crippen molar-refractivity contribution < 1.29 is 4.79 Å². The maximum absolute atomic E-state index is 11.4. The second-order valence-corrected chi connectivity index (χ2v) is 4.11. The molecular weight excluding hydrogens is 166 g/mol. The zero-order chi connectivity index (χ0) is 9.31. The minimum absolute atomic E-state index is 0.180. The Morgan fingerprint density at radius 2 is 2.00 bits per heavy atom. The summed E-state index contributed by atoms with van der Waals surface area (Å²) in [6, 6.07) is 0.547. The normalized spacial score (nSPS) is 27.1. The van der Waals surface area contributed by atoms with Gasteiger partial charge in [0, 0.05) is 6.04 Å². The van der Waals surface area contributed by atoms with E-state index in [1.165, 1.54) is 12.8 Å². The van der Waals surface area contributed by atoms with Crippen molar-refractivity contribution in [3.05, 3.63) is 0 Å². The van der Waals surface area contributed by atoms with Gasteiger partial charge in [0.25, 0.3) is 0 Å². The van der Waals surface area contributed by atoms with Gasteiger partial charge in [-0.25, -0.2) is 0 Å². The molecule has 0 atom stereocenters. The lowest BCUT2D eigenvalue weighted by Crippen LogP contribution is -2.60. The zero-order valence-electron chi connectivity index (χ0n) is 7.81. The number of hydrogen-bond donors (Lipinski definition) is 3. The van der Waals surface area contributed by atoms with Crippen LogP contribution < -0.4 is 16.4 Å². The molecule has 1 saturated carbocycles. The number of carbonyl (C=O) groups is 1. The molecule has 0 unspecified atom stereocenters. The summed E-state index contributed by atoms with van der Waals surface area (Å²) < 4.78 is 0. The molecule has 0 aromatic carbocycles. The van der Waals surface area contributed by atoms with Crippen molar-refractivity contribution in [1.82, 2.24) is 10.6 Å². The van der Waals surface area contributed by atoms with E-state index in [0.717, 1.165) is 25.9 Å². The van der Waals surface area contributed by atoms with E-state index in [1.807, 2.05) is 0 Å². The third-order valence-electron chi connectivity index (χ3n) is 2.99. The van der Waals surface area contributed by atoms with Crippen molar-refractivity contribution in [2.75, 3.05) is 13.1 Å². The van der Waals surface area contributed by atoms with Crippen LogP contribution in [0.5, 0.6) is 0 Å². The summed E-state index contributed by atoms with van der Waals surface area (Å²) in [4.78, 5) is 11.4. The molecule has 0 aromatic heterocycles. The molecular formula is C9H17N3O. The second-order valence-electron chi connectivity index (χ2n) is 4.11. The first-order chi connectivity index (χ1) is 6.23. The van der Waals surface area contributed by atoms with Gasteiger partial charge in [-0.2, -0.15) is 0 Å². The van der Waals surface area contributed by atoms with Gasteiger partial charge >= 0.3 is 0 Å². The van der Waals surface area contributed by atoms with E-state index in [2.05, 4.69) is 10.6 Å². The topological polar surface area (TPSA) is 67.2 Å². The molecule has 4 heteroatoms. The Labute approximate surface area is 78.2 Å². The molecule has 0 aromatic rings. The Morgan fingerprint density at radius 3 is 2.46 bits per heavy atom. The number of carbonyl (C=O) groups excluding carboxylic acids is 1. The van der Waals surface area contributed by atoms with E-state index in [4.69, 9.17) is 5.73 Å². The minimum Gasteiger partial charge on any atom is -0.368 e. The fraction of sp³-hybridized carbons (Fsp3) is 0.889. The molecule has 1 aliphatic carbocycles. The van der Waals surface area contributed by atoms with Gasteiger partial charge in [-0.1, -0.05) is 0 Å². The van der Waals surface area contributed by atoms with Gasteiger partial charge in [0.05, 0.1) is 0 Å². The number of piperidine rings is 1. The molecule has 2 aliphatic rings. The summed E-state index contributed by atoms with van der Waals surface area (Å²) in [6.45, 7) is 1.78. The Kier molecular flexibility index (Phi) is 2.26. The molecule has 1 saturated heterocycles. The molecule has 4 nitrogen and oxygen atoms in total. The summed E-state index contributed by atoms with van der Waals surface area (Å²) in [5.74, 6) is -0.180. The number of amides is 1. The fourth-order valence-electron chi connectivity index (χ4n) is 1.93. The summed E-state index contributed by atoms with van der Waals surface area (Å²) in [5.41, 5.74) is 5.04. The van der Waals surface area contributed by atoms with E-state index in [0.29, 0.717) is 6.04 Å². The van der Waals surface area contributed by atoms with Crippen LogP contribution in [0.25, 0.3) is 0 Å². The number of nitrogens with two attached hydrogens (primary N) is 1. The number of hydrogen-bond acceptors (Lipinski definition) is 3. The molecule has 2 fully saturated rings. The highest BCUT2D eigenvalue weighted by Gasteiger charge is 2.41. The van der Waals surface area contributed by atoms with Crippen LogP contribution >= 0.6 is 0 Å². The highest BCUT2D eigenvalue weighted by Crippen LogP contribution is 2.26. The summed E-state index contributed by atoms with van der Waals surface area (Å²) in [7, 11) is 0. The first-order valence-corrected chi connectivity index (χ1v) is 5.01. The molecule has 0 radical (unpaired) electrons. The van der Waals surface area contributed by atoms with Crippen molar-refractivity contribution in [3.8, 4) is 0 Å². The fourth-order valence-corrected chi connectivity index (χ4v) is 1.93. The van der Waals surface area contributed by atoms with Crippen LogP contribution in [0.1, 0.15) is 25.7 Å². The first kappa shape index (κ1) is 8.97. The number of primary amides is 1. The quantitative estimate of drug-likeness (QED) is 0.544. The Hall–Kier alpha value is -0.610. The largest absolute Gasteiger partial charge is 0.368 e. The van der Waals surface area contributed by atoms with E-state index in [1.54, 1.807) is 0 Å². The number of rotatable bonds is 3. The summed E-state index contributed by atoms with van der Waals surface area (Å²) in [6.07, 6.45) is 4.06. The van der Waals surface area contributed by atoms with Gasteiger partial charge in [-0.05, 0) is 38.8 Å². The average molecular weight is 183 g/mol. The predicted molar refractivity (Wildman–Crippen MR) is 50.2 cm³/mol. The Morgan fingerprint density at radius 1 is 1.38 bits per heavy atom. The SMILES string of the molecule is NC(=O)C1(NC2CC2)CCNCC1. The molecule has 0 spiro atoms. The molecule has 74 valence electrons. The first-order valence-electron chi connectivity index (χ1n) is 5.01. The molecule has 13 heavy (non-hydrogen) atoms. The zero-order valence-corrected chi connectivity index (χ0v) is 7.81. The molecule has 1 amide bonds. The van der Waals surface area contributed by atoms with Crippen LogP contribution in [-0.4, -0.2) is 30.6 Å². The van der Waals surface area contributed by atoms with E-state index in [9.17, 15) is 4.79 Å². The van der Waals surface area contributed by atoms with Crippen LogP contribution in [0, 0.1) is 0 Å². The van der Waals surface area contributed by atoms with Crippen LogP contribution in [0.4, 0.5) is 0 Å². The molecule has 0 bridgehead atoms. The van der Waals surface area contributed by atoms with Crippen LogP contribution in [0.2, 0.25) is 0 Å². The van der Waals surface area contributed by atoms with E-state index >= 15 is 0 Å². The lowest BCUT2D eigenvalue weighted by molar-refractivity contribution is -0.125. The Balaban J connectivity index is 2.02. The van der Waals surface area contributed by atoms with E-state index in [-0.39, 0.29) is 5.91 Å². The van der Waals surface area contributed by atoms with Crippen LogP contribution in [0.15, 0.2) is 0 Å². The molecule has 1 aliphatic heterocycles. The van der Waals surface area contributed by atoms with Crippen molar-refractivity contribution in [3.63, 3.8) is 0 Å². The van der Waals surface area contributed by atoms with Crippen LogP contribution in [-0.2, 0) is 4.79 Å². The third kappa shape index (κ3) is 1.84. The van der Waals surface area contributed by atoms with Crippen molar-refractivity contribution in [1.29, 1.82) is 0 Å². The smallest absolute Gasteiger partial charge is 0.237 e. The second kappa shape index (κ2) is 3.27. The Bertz CT molecular complexity index is 207. The van der Waals surface area contributed by atoms with Crippen molar-refractivity contribution >= 4 is 5.91 Å². The maximum Gasteiger partial charge on any atom is 0.237 e. The standard InChI is InChI=1S/C9H17N3O/c10-8(13)9(12-7-1-2-7)3-5-11-6-4-9/h7,11-12H,1-6H2,(H2,10,13). The average Bonchev–Trinajstić information content (AvgIpc) is 2.90. The third-order valence-corrected chi connectivity index (χ3v) is 2.99. The summed E-state index contributed by atoms with van der Waals surface area (Å²) >= 11 is 0. The van der Waals surface area contributed by atoms with Gasteiger partial charge < -0.3 is 16.4 Å². The lowest BCUT2D eigenvalue weighted by atomic mass is 9.87. The minimum atomic E-state index is -0.410. The molecule has 2 rings (SSSR count). The van der Waals surface area contributed by atoms with Gasteiger partial charge in [-0.3, -0.25) is 4.79 Å². The highest BCUT2D eigenvalue weighted by atomic mass is 16.1. The van der Waals surface area contributed by atoms with Gasteiger partial charge in [0.2, 0.25) is 5.91 Å². The van der Waals surface area contributed by atoms with Crippen molar-refractivity contribution in [2.45, 2.75) is 37.3 Å². The summed E-state index contributed by atoms with van der Waals surface area (Å²) in [5, 5.41) is 6.63. The maximum atomic E-state index is 11.4. The number of nitrogens with one attached hydrogen (secondary N) is 2. The van der Waals surface area contributed by atoms with Crippen LogP contribution in [0.3, 0.4) is 0 Å². The monoisotopic (exact) mass is 183 g/mol. The lowest BCUT2D eigenvalue weighted by Gasteiger charge is -2.35.